The average molecular weight is 538 g/mol. The van der Waals surface area contributed by atoms with E-state index in [1.807, 2.05) is 24.9 Å². The number of hydrogen-bond acceptors (Lipinski definition) is 9. The van der Waals surface area contributed by atoms with Crippen molar-refractivity contribution in [2.24, 2.45) is 0 Å². The van der Waals surface area contributed by atoms with Crippen molar-refractivity contribution in [3.8, 4) is 28.7 Å². The lowest BCUT2D eigenvalue weighted by Crippen LogP contribution is -2.69. The molecule has 0 radical (unpaired) electrons. The van der Waals surface area contributed by atoms with Crippen LogP contribution in [-0.2, 0) is 17.6 Å². The molecule has 1 saturated heterocycles. The molecule has 6 rings (SSSR count). The van der Waals surface area contributed by atoms with Gasteiger partial charge in [0.15, 0.2) is 23.0 Å². The molecule has 0 saturated carbocycles. The molecule has 0 spiro atoms. The maximum atomic E-state index is 12.5. The predicted octanol–water partition coefficient (Wildman–Crippen LogP) is 2.34. The number of carbonyl (C=O) groups excluding carboxylic acids is 1. The first-order valence-electron chi connectivity index (χ1n) is 13.3. The van der Waals surface area contributed by atoms with Crippen molar-refractivity contribution in [2.75, 3.05) is 27.5 Å². The lowest BCUT2D eigenvalue weighted by Gasteiger charge is -2.60. The number of nitrogens with zero attached hydrogens (tertiary/aromatic N) is 2. The maximum absolute atomic E-state index is 12.5. The number of rotatable bonds is 4. The van der Waals surface area contributed by atoms with Gasteiger partial charge in [-0.15, -0.1) is 0 Å². The SMILES string of the molecule is C/C=C/C(=O)NC[C@H]1c2c(c(O)c(C)c3c2OCO3)CC2[C@H]3c4c(cc(C)c(OC)c4O)C[C@@H]([C@H](O)N21)N3C. The Morgan fingerprint density at radius 3 is 2.62 bits per heavy atom. The summed E-state index contributed by atoms with van der Waals surface area (Å²) in [6.07, 6.45) is 3.17. The number of methoxy groups -OCH3 is 1. The predicted molar refractivity (Wildman–Crippen MR) is 142 cm³/mol. The number of aryl methyl sites for hydroxylation is 1. The van der Waals surface area contributed by atoms with E-state index < -0.39 is 12.3 Å². The van der Waals surface area contributed by atoms with Gasteiger partial charge in [-0.3, -0.25) is 14.6 Å². The molecule has 0 aromatic heterocycles. The number of phenolic OH excluding ortho intramolecular Hbond substituents is 2. The number of likely N-dealkylation sites (N-methyl/N-ethyl adjacent to an activating group) is 1. The number of carbonyl (C=O) groups is 1. The van der Waals surface area contributed by atoms with Crippen LogP contribution in [0.2, 0.25) is 0 Å². The van der Waals surface area contributed by atoms with Crippen molar-refractivity contribution in [3.05, 3.63) is 51.6 Å². The molecule has 39 heavy (non-hydrogen) atoms. The third kappa shape index (κ3) is 3.62. The summed E-state index contributed by atoms with van der Waals surface area (Å²) in [4.78, 5) is 16.7. The highest BCUT2D eigenvalue weighted by Gasteiger charge is 2.56. The number of piperazine rings is 1. The number of aromatic hydroxyl groups is 2. The van der Waals surface area contributed by atoms with E-state index in [1.165, 1.54) is 6.08 Å². The molecule has 4 N–H and O–H groups in total. The number of ether oxygens (including phenoxy) is 3. The Morgan fingerprint density at radius 1 is 1.15 bits per heavy atom. The van der Waals surface area contributed by atoms with Gasteiger partial charge in [-0.05, 0) is 57.9 Å². The van der Waals surface area contributed by atoms with E-state index in [2.05, 4.69) is 10.2 Å². The summed E-state index contributed by atoms with van der Waals surface area (Å²) in [5.41, 5.74) is 4.60. The van der Waals surface area contributed by atoms with Crippen LogP contribution in [0.3, 0.4) is 0 Å². The summed E-state index contributed by atoms with van der Waals surface area (Å²) in [5.74, 6) is 1.45. The Labute approximate surface area is 227 Å². The molecule has 4 heterocycles. The molecule has 1 fully saturated rings. The number of amides is 1. The molecular formula is C29H35N3O7. The molecule has 2 aromatic carbocycles. The normalized spacial score (nSPS) is 27.2. The smallest absolute Gasteiger partial charge is 0.243 e. The highest BCUT2D eigenvalue weighted by molar-refractivity contribution is 5.87. The zero-order valence-corrected chi connectivity index (χ0v) is 22.8. The highest BCUT2D eigenvalue weighted by atomic mass is 16.7. The van der Waals surface area contributed by atoms with Gasteiger partial charge in [-0.2, -0.15) is 0 Å². The van der Waals surface area contributed by atoms with E-state index in [4.69, 9.17) is 14.2 Å². The fourth-order valence-corrected chi connectivity index (χ4v) is 7.26. The van der Waals surface area contributed by atoms with Gasteiger partial charge in [-0.1, -0.05) is 12.1 Å². The van der Waals surface area contributed by atoms with Gasteiger partial charge < -0.3 is 34.8 Å². The number of phenols is 2. The largest absolute Gasteiger partial charge is 0.507 e. The van der Waals surface area contributed by atoms with Gasteiger partial charge in [0, 0.05) is 34.8 Å². The van der Waals surface area contributed by atoms with Crippen molar-refractivity contribution < 1.29 is 34.3 Å². The second kappa shape index (κ2) is 9.32. The first-order valence-corrected chi connectivity index (χ1v) is 13.3. The minimum atomic E-state index is -0.882. The molecule has 0 aliphatic carbocycles. The number of hydrogen-bond donors (Lipinski definition) is 4. The van der Waals surface area contributed by atoms with E-state index in [9.17, 15) is 20.1 Å². The fraction of sp³-hybridized carbons (Fsp3) is 0.483. The second-order valence-electron chi connectivity index (χ2n) is 10.9. The third-order valence-electron chi connectivity index (χ3n) is 8.91. The lowest BCUT2D eigenvalue weighted by atomic mass is 9.73. The van der Waals surface area contributed by atoms with Crippen molar-refractivity contribution in [2.45, 2.75) is 64.0 Å². The zero-order valence-electron chi connectivity index (χ0n) is 22.8. The molecule has 10 nitrogen and oxygen atoms in total. The molecule has 10 heteroatoms. The Morgan fingerprint density at radius 2 is 1.90 bits per heavy atom. The number of aliphatic hydroxyl groups excluding tert-OH is 1. The van der Waals surface area contributed by atoms with Crippen LogP contribution in [-0.4, -0.2) is 76.8 Å². The van der Waals surface area contributed by atoms with Crippen LogP contribution in [0.4, 0.5) is 0 Å². The number of benzene rings is 2. The van der Waals surface area contributed by atoms with Crippen LogP contribution >= 0.6 is 0 Å². The minimum absolute atomic E-state index is 0.0318. The molecule has 1 amide bonds. The summed E-state index contributed by atoms with van der Waals surface area (Å²) in [7, 11) is 3.51. The molecule has 2 bridgehead atoms. The van der Waals surface area contributed by atoms with Gasteiger partial charge in [-0.25, -0.2) is 0 Å². The Kier molecular flexibility index (Phi) is 6.16. The topological polar surface area (TPSA) is 124 Å². The molecular weight excluding hydrogens is 502 g/mol. The Balaban J connectivity index is 1.55. The Bertz CT molecular complexity index is 1390. The van der Waals surface area contributed by atoms with E-state index in [-0.39, 0.29) is 48.9 Å². The number of nitrogens with one attached hydrogen (secondary N) is 1. The van der Waals surface area contributed by atoms with E-state index in [0.29, 0.717) is 41.2 Å². The van der Waals surface area contributed by atoms with Gasteiger partial charge in [0.2, 0.25) is 12.7 Å². The third-order valence-corrected chi connectivity index (χ3v) is 8.91. The van der Waals surface area contributed by atoms with Crippen LogP contribution in [0.1, 0.15) is 52.4 Å². The van der Waals surface area contributed by atoms with Crippen LogP contribution in [0, 0.1) is 13.8 Å². The van der Waals surface area contributed by atoms with Gasteiger partial charge in [0.1, 0.15) is 12.0 Å². The molecule has 4 aliphatic heterocycles. The summed E-state index contributed by atoms with van der Waals surface area (Å²) < 4.78 is 17.2. The quantitative estimate of drug-likeness (QED) is 0.435. The van der Waals surface area contributed by atoms with Gasteiger partial charge in [0.25, 0.3) is 0 Å². The molecule has 1 unspecified atom stereocenters. The monoisotopic (exact) mass is 537 g/mol. The average Bonchev–Trinajstić information content (AvgIpc) is 3.39. The van der Waals surface area contributed by atoms with E-state index in [1.54, 1.807) is 27.0 Å². The van der Waals surface area contributed by atoms with Gasteiger partial charge in [0.05, 0.1) is 25.2 Å². The maximum Gasteiger partial charge on any atom is 0.243 e. The standard InChI is InChI=1S/C29H35N3O7/c1-6-7-20(33)30-11-19-22-16(24(34)14(3)27-28(22)39-12-38-27)10-17-23-21-15(8-13(2)26(37-5)25(21)35)9-18(31(23)4)29(36)32(17)19/h6-8,17-19,23,29,34-36H,9-12H2,1-5H3,(H,30,33)/b7-6+/t17?,18-,19-,23-,29-/m0/s1. The number of fused-ring (bicyclic) bond motifs is 9. The highest BCUT2D eigenvalue weighted by Crippen LogP contribution is 2.57. The number of allylic oxidation sites excluding steroid dienone is 1. The fourth-order valence-electron chi connectivity index (χ4n) is 7.26. The van der Waals surface area contributed by atoms with Crippen LogP contribution in [0.5, 0.6) is 28.7 Å². The van der Waals surface area contributed by atoms with Crippen molar-refractivity contribution in [1.82, 2.24) is 15.1 Å². The summed E-state index contributed by atoms with van der Waals surface area (Å²) in [6, 6.07) is 0.628. The second-order valence-corrected chi connectivity index (χ2v) is 10.9. The van der Waals surface area contributed by atoms with Crippen LogP contribution in [0.25, 0.3) is 0 Å². The first-order chi connectivity index (χ1) is 18.7. The molecule has 5 atom stereocenters. The van der Waals surface area contributed by atoms with E-state index in [0.717, 1.165) is 22.3 Å². The van der Waals surface area contributed by atoms with Crippen molar-refractivity contribution in [3.63, 3.8) is 0 Å². The van der Waals surface area contributed by atoms with Crippen LogP contribution < -0.4 is 19.5 Å². The summed E-state index contributed by atoms with van der Waals surface area (Å²) in [6.45, 7) is 5.69. The zero-order chi connectivity index (χ0) is 27.7. The van der Waals surface area contributed by atoms with E-state index >= 15 is 0 Å². The molecule has 208 valence electrons. The summed E-state index contributed by atoms with van der Waals surface area (Å²) in [5, 5.41) is 37.7. The Hall–Kier alpha value is -3.47. The summed E-state index contributed by atoms with van der Waals surface area (Å²) >= 11 is 0. The molecule has 2 aromatic rings. The van der Waals surface area contributed by atoms with Crippen LogP contribution in [0.15, 0.2) is 18.2 Å². The van der Waals surface area contributed by atoms with Crippen molar-refractivity contribution >= 4 is 5.91 Å². The number of aliphatic hydroxyl groups is 1. The van der Waals surface area contributed by atoms with Crippen molar-refractivity contribution in [1.29, 1.82) is 0 Å². The molecule has 4 aliphatic rings. The van der Waals surface area contributed by atoms with Gasteiger partial charge >= 0.3 is 0 Å². The minimum Gasteiger partial charge on any atom is -0.507 e. The lowest BCUT2D eigenvalue weighted by molar-refractivity contribution is -0.172. The first kappa shape index (κ1) is 25.8.